The summed E-state index contributed by atoms with van der Waals surface area (Å²) >= 11 is 1.60. The summed E-state index contributed by atoms with van der Waals surface area (Å²) in [5, 5.41) is 3.36. The molecule has 2 unspecified atom stereocenters. The van der Waals surface area contributed by atoms with Crippen LogP contribution in [-0.2, 0) is 4.79 Å². The second-order valence-electron chi connectivity index (χ2n) is 4.42. The Labute approximate surface area is 124 Å². The van der Waals surface area contributed by atoms with Gasteiger partial charge in [0.15, 0.2) is 0 Å². The van der Waals surface area contributed by atoms with E-state index in [1.165, 1.54) is 0 Å². The summed E-state index contributed by atoms with van der Waals surface area (Å²) in [6, 6.07) is 4.06. The van der Waals surface area contributed by atoms with Crippen LogP contribution in [-0.4, -0.2) is 46.9 Å². The first-order valence-corrected chi connectivity index (χ1v) is 7.46. The molecule has 1 aliphatic heterocycles. The zero-order chi connectivity index (χ0) is 13.0. The van der Waals surface area contributed by atoms with Crippen LogP contribution in [0.2, 0.25) is 0 Å². The molecule has 0 aromatic carbocycles. The third kappa shape index (κ3) is 3.84. The SMILES string of the molecule is CSC(C)C(=O)N1CCNCC1c1cccnc1.Cl. The molecule has 6 heteroatoms. The number of aromatic nitrogens is 1. The zero-order valence-corrected chi connectivity index (χ0v) is 12.8. The Morgan fingerprint density at radius 1 is 1.63 bits per heavy atom. The van der Waals surface area contributed by atoms with Gasteiger partial charge in [-0.2, -0.15) is 11.8 Å². The van der Waals surface area contributed by atoms with Gasteiger partial charge in [-0.05, 0) is 24.8 Å². The molecule has 106 valence electrons. The second-order valence-corrected chi connectivity index (χ2v) is 5.59. The first-order valence-electron chi connectivity index (χ1n) is 6.18. The summed E-state index contributed by atoms with van der Waals surface area (Å²) < 4.78 is 0. The molecular weight excluding hydrogens is 282 g/mol. The topological polar surface area (TPSA) is 45.2 Å². The lowest BCUT2D eigenvalue weighted by molar-refractivity contribution is -0.133. The Morgan fingerprint density at radius 3 is 3.05 bits per heavy atom. The molecule has 1 saturated heterocycles. The van der Waals surface area contributed by atoms with Crippen molar-refractivity contribution in [2.75, 3.05) is 25.9 Å². The molecule has 0 bridgehead atoms. The maximum absolute atomic E-state index is 12.4. The normalized spacial score (nSPS) is 20.5. The second kappa shape index (κ2) is 7.72. The fraction of sp³-hybridized carbons (Fsp3) is 0.538. The number of halogens is 1. The van der Waals surface area contributed by atoms with E-state index in [0.717, 1.165) is 25.2 Å². The van der Waals surface area contributed by atoms with Gasteiger partial charge < -0.3 is 10.2 Å². The van der Waals surface area contributed by atoms with E-state index in [1.54, 1.807) is 18.0 Å². The monoisotopic (exact) mass is 301 g/mol. The van der Waals surface area contributed by atoms with E-state index in [2.05, 4.69) is 10.3 Å². The number of amides is 1. The number of hydrogen-bond acceptors (Lipinski definition) is 4. The third-order valence-electron chi connectivity index (χ3n) is 3.30. The predicted octanol–water partition coefficient (Wildman–Crippen LogP) is 1.73. The van der Waals surface area contributed by atoms with E-state index < -0.39 is 0 Å². The van der Waals surface area contributed by atoms with Crippen molar-refractivity contribution >= 4 is 30.1 Å². The van der Waals surface area contributed by atoms with Gasteiger partial charge in [-0.25, -0.2) is 0 Å². The van der Waals surface area contributed by atoms with E-state index >= 15 is 0 Å². The maximum atomic E-state index is 12.4. The highest BCUT2D eigenvalue weighted by Gasteiger charge is 2.30. The lowest BCUT2D eigenvalue weighted by Crippen LogP contribution is -2.50. The summed E-state index contributed by atoms with van der Waals surface area (Å²) in [5.74, 6) is 0.220. The third-order valence-corrected chi connectivity index (χ3v) is 4.21. The van der Waals surface area contributed by atoms with Gasteiger partial charge in [-0.3, -0.25) is 9.78 Å². The van der Waals surface area contributed by atoms with E-state index in [4.69, 9.17) is 0 Å². The van der Waals surface area contributed by atoms with Crippen molar-refractivity contribution in [2.24, 2.45) is 0 Å². The van der Waals surface area contributed by atoms with E-state index in [-0.39, 0.29) is 29.6 Å². The first kappa shape index (κ1) is 16.3. The number of pyridine rings is 1. The van der Waals surface area contributed by atoms with Gasteiger partial charge in [-0.15, -0.1) is 12.4 Å². The largest absolute Gasteiger partial charge is 0.332 e. The minimum atomic E-state index is 0. The van der Waals surface area contributed by atoms with Crippen LogP contribution < -0.4 is 5.32 Å². The van der Waals surface area contributed by atoms with Gasteiger partial charge in [0.05, 0.1) is 11.3 Å². The lowest BCUT2D eigenvalue weighted by Gasteiger charge is -2.37. The van der Waals surface area contributed by atoms with Crippen molar-refractivity contribution in [3.63, 3.8) is 0 Å². The van der Waals surface area contributed by atoms with Crippen molar-refractivity contribution in [3.05, 3.63) is 30.1 Å². The highest BCUT2D eigenvalue weighted by Crippen LogP contribution is 2.24. The Hall–Kier alpha value is -0.780. The Bertz CT molecular complexity index is 404. The van der Waals surface area contributed by atoms with Crippen LogP contribution in [0.1, 0.15) is 18.5 Å². The number of thioether (sulfide) groups is 1. The lowest BCUT2D eigenvalue weighted by atomic mass is 10.0. The molecule has 0 radical (unpaired) electrons. The minimum Gasteiger partial charge on any atom is -0.332 e. The number of carbonyl (C=O) groups excluding carboxylic acids is 1. The van der Waals surface area contributed by atoms with Crippen LogP contribution in [0.5, 0.6) is 0 Å². The predicted molar refractivity (Wildman–Crippen MR) is 81.8 cm³/mol. The van der Waals surface area contributed by atoms with Crippen molar-refractivity contribution in [1.29, 1.82) is 0 Å². The molecule has 2 heterocycles. The molecule has 1 aromatic heterocycles. The van der Waals surface area contributed by atoms with E-state index in [9.17, 15) is 4.79 Å². The molecule has 2 rings (SSSR count). The van der Waals surface area contributed by atoms with Crippen LogP contribution in [0.4, 0.5) is 0 Å². The van der Waals surface area contributed by atoms with E-state index in [1.807, 2.05) is 36.4 Å². The number of rotatable bonds is 3. The van der Waals surface area contributed by atoms with Gasteiger partial charge in [0.1, 0.15) is 0 Å². The fourth-order valence-corrected chi connectivity index (χ4v) is 2.51. The quantitative estimate of drug-likeness (QED) is 0.923. The van der Waals surface area contributed by atoms with Gasteiger partial charge in [0, 0.05) is 32.0 Å². The van der Waals surface area contributed by atoms with Crippen molar-refractivity contribution in [3.8, 4) is 0 Å². The smallest absolute Gasteiger partial charge is 0.235 e. The summed E-state index contributed by atoms with van der Waals surface area (Å²) in [7, 11) is 0. The van der Waals surface area contributed by atoms with Gasteiger partial charge >= 0.3 is 0 Å². The molecule has 1 aliphatic rings. The number of piperazine rings is 1. The standard InChI is InChI=1S/C13H19N3OS.ClH/c1-10(18-2)13(17)16-7-6-15-9-12(16)11-4-3-5-14-8-11;/h3-5,8,10,12,15H,6-7,9H2,1-2H3;1H. The van der Waals surface area contributed by atoms with Crippen LogP contribution in [0.3, 0.4) is 0 Å². The van der Waals surface area contributed by atoms with Crippen LogP contribution in [0.25, 0.3) is 0 Å². The summed E-state index contributed by atoms with van der Waals surface area (Å²) in [6.07, 6.45) is 5.59. The zero-order valence-electron chi connectivity index (χ0n) is 11.2. The number of carbonyl (C=O) groups is 1. The minimum absolute atomic E-state index is 0. The molecule has 4 nitrogen and oxygen atoms in total. The summed E-state index contributed by atoms with van der Waals surface area (Å²) in [6.45, 7) is 4.40. The highest BCUT2D eigenvalue weighted by molar-refractivity contribution is 7.99. The average molecular weight is 302 g/mol. The molecule has 1 N–H and O–H groups in total. The first-order chi connectivity index (χ1) is 8.74. The molecular formula is C13H20ClN3OS. The molecule has 0 saturated carbocycles. The summed E-state index contributed by atoms with van der Waals surface area (Å²) in [4.78, 5) is 18.5. The maximum Gasteiger partial charge on any atom is 0.235 e. The van der Waals surface area contributed by atoms with E-state index in [0.29, 0.717) is 0 Å². The molecule has 0 spiro atoms. The van der Waals surface area contributed by atoms with Gasteiger partial charge in [0.25, 0.3) is 0 Å². The number of hydrogen-bond donors (Lipinski definition) is 1. The molecule has 0 aliphatic carbocycles. The molecule has 1 aromatic rings. The van der Waals surface area contributed by atoms with Gasteiger partial charge in [-0.1, -0.05) is 6.07 Å². The van der Waals surface area contributed by atoms with Gasteiger partial charge in [0.2, 0.25) is 5.91 Å². The van der Waals surface area contributed by atoms with Crippen molar-refractivity contribution in [1.82, 2.24) is 15.2 Å². The molecule has 1 fully saturated rings. The number of nitrogens with one attached hydrogen (secondary N) is 1. The molecule has 2 atom stereocenters. The average Bonchev–Trinajstić information content (AvgIpc) is 2.46. The number of nitrogens with zero attached hydrogens (tertiary/aromatic N) is 2. The van der Waals surface area contributed by atoms with Crippen molar-refractivity contribution in [2.45, 2.75) is 18.2 Å². The van der Waals surface area contributed by atoms with Crippen LogP contribution >= 0.6 is 24.2 Å². The Morgan fingerprint density at radius 2 is 2.42 bits per heavy atom. The molecule has 1 amide bonds. The van der Waals surface area contributed by atoms with Crippen LogP contribution in [0, 0.1) is 0 Å². The highest BCUT2D eigenvalue weighted by atomic mass is 35.5. The summed E-state index contributed by atoms with van der Waals surface area (Å²) in [5.41, 5.74) is 1.10. The van der Waals surface area contributed by atoms with Crippen molar-refractivity contribution < 1.29 is 4.79 Å². The fourth-order valence-electron chi connectivity index (χ4n) is 2.17. The van der Waals surface area contributed by atoms with Crippen LogP contribution in [0.15, 0.2) is 24.5 Å². The molecule has 19 heavy (non-hydrogen) atoms. The Kier molecular flexibility index (Phi) is 6.62. The Balaban J connectivity index is 0.00000180.